The van der Waals surface area contributed by atoms with Crippen LogP contribution in [0.4, 0.5) is 0 Å². The smallest absolute Gasteiger partial charge is 0.293 e. The Bertz CT molecular complexity index is 177. The SMILES string of the molecule is CCCNCOS(=O)(=O)OC. The molecule has 1 N–H and O–H groups in total. The van der Waals surface area contributed by atoms with E-state index in [2.05, 4.69) is 13.7 Å². The molecule has 68 valence electrons. The molecule has 0 bridgehead atoms. The zero-order valence-corrected chi connectivity index (χ0v) is 7.48. The summed E-state index contributed by atoms with van der Waals surface area (Å²) in [6.45, 7) is 2.65. The molecule has 0 spiro atoms. The summed E-state index contributed by atoms with van der Waals surface area (Å²) in [5, 5.41) is 2.74. The van der Waals surface area contributed by atoms with Crippen molar-refractivity contribution >= 4 is 10.4 Å². The maximum absolute atomic E-state index is 10.5. The Labute approximate surface area is 67.0 Å². The van der Waals surface area contributed by atoms with Gasteiger partial charge in [-0.25, -0.2) is 4.18 Å². The highest BCUT2D eigenvalue weighted by Gasteiger charge is 2.06. The van der Waals surface area contributed by atoms with Gasteiger partial charge in [0.25, 0.3) is 0 Å². The maximum atomic E-state index is 10.5. The average molecular weight is 183 g/mol. The van der Waals surface area contributed by atoms with E-state index in [9.17, 15) is 8.42 Å². The van der Waals surface area contributed by atoms with Gasteiger partial charge in [-0.2, -0.15) is 8.42 Å². The zero-order valence-electron chi connectivity index (χ0n) is 6.66. The molecule has 6 heteroatoms. The van der Waals surface area contributed by atoms with Gasteiger partial charge in [0, 0.05) is 0 Å². The van der Waals surface area contributed by atoms with Crippen LogP contribution in [0.25, 0.3) is 0 Å². The van der Waals surface area contributed by atoms with E-state index >= 15 is 0 Å². The van der Waals surface area contributed by atoms with E-state index in [0.29, 0.717) is 0 Å². The Hall–Kier alpha value is -0.170. The third-order valence-corrected chi connectivity index (χ3v) is 1.75. The Balaban J connectivity index is 3.39. The van der Waals surface area contributed by atoms with E-state index in [-0.39, 0.29) is 6.73 Å². The highest BCUT2D eigenvalue weighted by atomic mass is 32.3. The van der Waals surface area contributed by atoms with Gasteiger partial charge >= 0.3 is 10.4 Å². The van der Waals surface area contributed by atoms with Crippen LogP contribution < -0.4 is 5.32 Å². The monoisotopic (exact) mass is 183 g/mol. The first-order chi connectivity index (χ1) is 5.12. The molecule has 0 aromatic carbocycles. The molecule has 11 heavy (non-hydrogen) atoms. The van der Waals surface area contributed by atoms with Crippen molar-refractivity contribution in [2.45, 2.75) is 13.3 Å². The van der Waals surface area contributed by atoms with E-state index < -0.39 is 10.4 Å². The summed E-state index contributed by atoms with van der Waals surface area (Å²) < 4.78 is 29.3. The van der Waals surface area contributed by atoms with E-state index in [1.165, 1.54) is 0 Å². The molecule has 0 unspecified atom stereocenters. The molecule has 0 aromatic heterocycles. The van der Waals surface area contributed by atoms with Crippen LogP contribution in [-0.4, -0.2) is 28.8 Å². The lowest BCUT2D eigenvalue weighted by Gasteiger charge is -2.02. The minimum absolute atomic E-state index is 0.0377. The summed E-state index contributed by atoms with van der Waals surface area (Å²) in [6, 6.07) is 0. The van der Waals surface area contributed by atoms with Gasteiger partial charge in [0.05, 0.1) is 7.11 Å². The first kappa shape index (κ1) is 10.8. The molecular weight excluding hydrogens is 170 g/mol. The molecule has 0 fully saturated rings. The van der Waals surface area contributed by atoms with Crippen molar-refractivity contribution in [3.63, 3.8) is 0 Å². The van der Waals surface area contributed by atoms with Gasteiger partial charge in [0.2, 0.25) is 0 Å². The molecular formula is C5H13NO4S. The third kappa shape index (κ3) is 6.24. The van der Waals surface area contributed by atoms with Gasteiger partial charge in [-0.3, -0.25) is 9.50 Å². The first-order valence-electron chi connectivity index (χ1n) is 3.28. The van der Waals surface area contributed by atoms with Crippen molar-refractivity contribution in [2.75, 3.05) is 20.4 Å². The molecule has 0 aromatic rings. The van der Waals surface area contributed by atoms with E-state index in [1.807, 2.05) is 6.92 Å². The predicted octanol–water partition coefficient (Wildman–Crippen LogP) is -0.149. The van der Waals surface area contributed by atoms with E-state index in [0.717, 1.165) is 20.1 Å². The lowest BCUT2D eigenvalue weighted by Crippen LogP contribution is -2.22. The molecule has 0 aliphatic heterocycles. The molecule has 0 aliphatic carbocycles. The molecule has 0 rings (SSSR count). The van der Waals surface area contributed by atoms with Gasteiger partial charge in [-0.05, 0) is 13.0 Å². The van der Waals surface area contributed by atoms with Crippen LogP contribution in [0.15, 0.2) is 0 Å². The van der Waals surface area contributed by atoms with Crippen molar-refractivity contribution < 1.29 is 16.8 Å². The van der Waals surface area contributed by atoms with Gasteiger partial charge in [0.15, 0.2) is 0 Å². The number of nitrogens with one attached hydrogen (secondary N) is 1. The lowest BCUT2D eigenvalue weighted by atomic mass is 10.5. The van der Waals surface area contributed by atoms with Crippen LogP contribution in [-0.2, 0) is 18.8 Å². The molecule has 0 radical (unpaired) electrons. The van der Waals surface area contributed by atoms with Gasteiger partial charge < -0.3 is 0 Å². The summed E-state index contributed by atoms with van der Waals surface area (Å²) in [4.78, 5) is 0. The summed E-state index contributed by atoms with van der Waals surface area (Å²) in [7, 11) is -2.71. The second kappa shape index (κ2) is 5.48. The van der Waals surface area contributed by atoms with Crippen molar-refractivity contribution in [1.29, 1.82) is 0 Å². The standard InChI is InChI=1S/C5H13NO4S/c1-3-4-6-5-10-11(7,8)9-2/h6H,3-5H2,1-2H3. The van der Waals surface area contributed by atoms with Gasteiger partial charge in [-0.1, -0.05) is 6.92 Å². The highest BCUT2D eigenvalue weighted by Crippen LogP contribution is 1.89. The number of rotatable bonds is 6. The minimum Gasteiger partial charge on any atom is -0.293 e. The van der Waals surface area contributed by atoms with E-state index in [4.69, 9.17) is 0 Å². The van der Waals surface area contributed by atoms with Crippen LogP contribution >= 0.6 is 0 Å². The summed E-state index contributed by atoms with van der Waals surface area (Å²) in [5.74, 6) is 0. The Morgan fingerprint density at radius 1 is 1.45 bits per heavy atom. The minimum atomic E-state index is -3.76. The van der Waals surface area contributed by atoms with E-state index in [1.54, 1.807) is 0 Å². The maximum Gasteiger partial charge on any atom is 0.400 e. The van der Waals surface area contributed by atoms with Crippen molar-refractivity contribution in [1.82, 2.24) is 5.32 Å². The first-order valence-corrected chi connectivity index (χ1v) is 4.61. The second-order valence-electron chi connectivity index (χ2n) is 1.84. The summed E-state index contributed by atoms with van der Waals surface area (Å²) in [6.07, 6.45) is 0.927. The summed E-state index contributed by atoms with van der Waals surface area (Å²) in [5.41, 5.74) is 0. The Morgan fingerprint density at radius 3 is 2.55 bits per heavy atom. The number of hydrogen-bond acceptors (Lipinski definition) is 5. The fourth-order valence-corrected chi connectivity index (χ4v) is 0.735. The molecule has 0 saturated heterocycles. The second-order valence-corrected chi connectivity index (χ2v) is 3.22. The van der Waals surface area contributed by atoms with Gasteiger partial charge in [-0.15, -0.1) is 0 Å². The van der Waals surface area contributed by atoms with Crippen LogP contribution in [0.3, 0.4) is 0 Å². The average Bonchev–Trinajstić information content (AvgIpc) is 1.99. The lowest BCUT2D eigenvalue weighted by molar-refractivity contribution is 0.227. The summed E-state index contributed by atoms with van der Waals surface area (Å²) >= 11 is 0. The van der Waals surface area contributed by atoms with Crippen molar-refractivity contribution in [2.24, 2.45) is 0 Å². The third-order valence-electron chi connectivity index (χ3n) is 0.936. The Morgan fingerprint density at radius 2 is 2.09 bits per heavy atom. The normalized spacial score (nSPS) is 11.8. The van der Waals surface area contributed by atoms with Gasteiger partial charge in [0.1, 0.15) is 6.73 Å². The highest BCUT2D eigenvalue weighted by molar-refractivity contribution is 7.81. The zero-order chi connectivity index (χ0) is 8.74. The van der Waals surface area contributed by atoms with Crippen molar-refractivity contribution in [3.8, 4) is 0 Å². The largest absolute Gasteiger partial charge is 0.400 e. The quantitative estimate of drug-likeness (QED) is 0.458. The number of hydrogen-bond donors (Lipinski definition) is 1. The van der Waals surface area contributed by atoms with Crippen LogP contribution in [0.1, 0.15) is 13.3 Å². The van der Waals surface area contributed by atoms with Crippen LogP contribution in [0.2, 0.25) is 0 Å². The van der Waals surface area contributed by atoms with Crippen LogP contribution in [0, 0.1) is 0 Å². The van der Waals surface area contributed by atoms with Crippen LogP contribution in [0.5, 0.6) is 0 Å². The molecule has 0 saturated carbocycles. The van der Waals surface area contributed by atoms with Crippen molar-refractivity contribution in [3.05, 3.63) is 0 Å². The molecule has 5 nitrogen and oxygen atoms in total. The fraction of sp³-hybridized carbons (Fsp3) is 1.00. The molecule has 0 atom stereocenters. The molecule has 0 amide bonds. The molecule has 0 heterocycles. The predicted molar refractivity (Wildman–Crippen MR) is 40.2 cm³/mol. The topological polar surface area (TPSA) is 64.6 Å². The molecule has 0 aliphatic rings. The fourth-order valence-electron chi connectivity index (χ4n) is 0.411. The Kier molecular flexibility index (Phi) is 5.39.